The fraction of sp³-hybridized carbons (Fsp3) is 0.600. The Balaban J connectivity index is 2.49. The summed E-state index contributed by atoms with van der Waals surface area (Å²) in [6.45, 7) is 4.26. The molecule has 3 heteroatoms. The van der Waals surface area contributed by atoms with Gasteiger partial charge in [0.2, 0.25) is 0 Å². The van der Waals surface area contributed by atoms with Crippen molar-refractivity contribution in [1.82, 2.24) is 4.57 Å². The normalized spacial score (nSPS) is 21.2. The highest BCUT2D eigenvalue weighted by atomic mass is 35.5. The molecule has 0 bridgehead atoms. The lowest BCUT2D eigenvalue weighted by molar-refractivity contribution is 0.592. The smallest absolute Gasteiger partial charge is 0.112 e. The van der Waals surface area contributed by atoms with Crippen LogP contribution in [0.5, 0.6) is 0 Å². The van der Waals surface area contributed by atoms with Gasteiger partial charge in [0.05, 0.1) is 0 Å². The lowest BCUT2D eigenvalue weighted by atomic mass is 10.2. The van der Waals surface area contributed by atoms with E-state index >= 15 is 0 Å². The molecule has 0 aromatic carbocycles. The van der Waals surface area contributed by atoms with E-state index in [1.165, 1.54) is 11.1 Å². The van der Waals surface area contributed by atoms with Gasteiger partial charge in [-0.05, 0) is 37.8 Å². The summed E-state index contributed by atoms with van der Waals surface area (Å²) >= 11 is 6.24. The van der Waals surface area contributed by atoms with E-state index in [4.69, 9.17) is 17.3 Å². The van der Waals surface area contributed by atoms with Crippen molar-refractivity contribution in [3.05, 3.63) is 22.5 Å². The number of fused-ring (bicyclic) bond motifs is 1. The van der Waals surface area contributed by atoms with Crippen molar-refractivity contribution in [1.29, 1.82) is 0 Å². The van der Waals surface area contributed by atoms with Gasteiger partial charge in [-0.15, -0.1) is 0 Å². The molecule has 1 heterocycles. The lowest BCUT2D eigenvalue weighted by Gasteiger charge is -2.10. The first kappa shape index (κ1) is 9.10. The third-order valence-corrected chi connectivity index (χ3v) is 3.19. The minimum absolute atomic E-state index is 0.201. The maximum absolute atomic E-state index is 6.24. The number of rotatable bonds is 1. The topological polar surface area (TPSA) is 30.9 Å². The van der Waals surface area contributed by atoms with Crippen LogP contribution >= 0.6 is 11.6 Å². The first-order valence-corrected chi connectivity index (χ1v) is 5.13. The number of hydrogen-bond acceptors (Lipinski definition) is 1. The van der Waals surface area contributed by atoms with Crippen molar-refractivity contribution in [3.8, 4) is 0 Å². The number of nitrogens with zero attached hydrogens (tertiary/aromatic N) is 1. The summed E-state index contributed by atoms with van der Waals surface area (Å²) < 4.78 is 2.10. The summed E-state index contributed by atoms with van der Waals surface area (Å²) in [5.74, 6) is 0. The van der Waals surface area contributed by atoms with Crippen LogP contribution in [0.15, 0.2) is 6.20 Å². The highest BCUT2D eigenvalue weighted by molar-refractivity contribution is 6.30. The monoisotopic (exact) mass is 198 g/mol. The van der Waals surface area contributed by atoms with Gasteiger partial charge in [-0.3, -0.25) is 0 Å². The van der Waals surface area contributed by atoms with Crippen molar-refractivity contribution in [3.63, 3.8) is 0 Å². The van der Waals surface area contributed by atoms with Gasteiger partial charge in [-0.2, -0.15) is 0 Å². The van der Waals surface area contributed by atoms with Crippen LogP contribution in [0.1, 0.15) is 43.5 Å². The molecule has 0 aliphatic heterocycles. The van der Waals surface area contributed by atoms with Crippen LogP contribution in [-0.4, -0.2) is 4.57 Å². The average molecular weight is 199 g/mol. The molecule has 1 aliphatic carbocycles. The van der Waals surface area contributed by atoms with Crippen LogP contribution in [0.2, 0.25) is 5.15 Å². The molecule has 72 valence electrons. The molecule has 2 N–H and O–H groups in total. The molecule has 1 unspecified atom stereocenters. The molecule has 1 aromatic heterocycles. The zero-order chi connectivity index (χ0) is 9.59. The number of nitrogens with two attached hydrogens (primary N) is 1. The predicted molar refractivity (Wildman–Crippen MR) is 55.1 cm³/mol. The summed E-state index contributed by atoms with van der Waals surface area (Å²) in [4.78, 5) is 0. The third-order valence-electron chi connectivity index (χ3n) is 2.76. The van der Waals surface area contributed by atoms with Gasteiger partial charge in [0.1, 0.15) is 5.15 Å². The average Bonchev–Trinajstić information content (AvgIpc) is 2.55. The molecule has 13 heavy (non-hydrogen) atoms. The van der Waals surface area contributed by atoms with Crippen molar-refractivity contribution in [2.45, 2.75) is 38.8 Å². The van der Waals surface area contributed by atoms with E-state index in [0.717, 1.165) is 18.0 Å². The van der Waals surface area contributed by atoms with Crippen LogP contribution in [-0.2, 0) is 6.42 Å². The van der Waals surface area contributed by atoms with Gasteiger partial charge in [-0.1, -0.05) is 11.6 Å². The molecule has 2 rings (SSSR count). The Hall–Kier alpha value is -0.470. The van der Waals surface area contributed by atoms with Crippen LogP contribution in [0.25, 0.3) is 0 Å². The predicted octanol–water partition coefficient (Wildman–Crippen LogP) is 2.67. The lowest BCUT2D eigenvalue weighted by Crippen LogP contribution is -2.06. The van der Waals surface area contributed by atoms with Crippen molar-refractivity contribution < 1.29 is 0 Å². The molecule has 0 spiro atoms. The van der Waals surface area contributed by atoms with Crippen LogP contribution < -0.4 is 5.73 Å². The Kier molecular flexibility index (Phi) is 2.12. The molecule has 0 saturated carbocycles. The van der Waals surface area contributed by atoms with Crippen LogP contribution in [0.3, 0.4) is 0 Å². The first-order valence-electron chi connectivity index (χ1n) is 4.76. The van der Waals surface area contributed by atoms with E-state index in [-0.39, 0.29) is 6.04 Å². The highest BCUT2D eigenvalue weighted by Crippen LogP contribution is 2.37. The van der Waals surface area contributed by atoms with Gasteiger partial charge < -0.3 is 10.3 Å². The number of aromatic nitrogens is 1. The van der Waals surface area contributed by atoms with Crippen LogP contribution in [0.4, 0.5) is 0 Å². The van der Waals surface area contributed by atoms with Gasteiger partial charge >= 0.3 is 0 Å². The van der Waals surface area contributed by atoms with Gasteiger partial charge in [-0.25, -0.2) is 0 Å². The van der Waals surface area contributed by atoms with E-state index in [9.17, 15) is 0 Å². The Morgan fingerprint density at radius 3 is 2.85 bits per heavy atom. The maximum Gasteiger partial charge on any atom is 0.112 e. The zero-order valence-electron chi connectivity index (χ0n) is 8.05. The molecule has 2 nitrogen and oxygen atoms in total. The van der Waals surface area contributed by atoms with Crippen molar-refractivity contribution in [2.24, 2.45) is 5.73 Å². The molecular formula is C10H15ClN2. The molecule has 0 fully saturated rings. The van der Waals surface area contributed by atoms with Gasteiger partial charge in [0.15, 0.2) is 0 Å². The SMILES string of the molecule is CC(C)n1cc2c(c1Cl)CCC2N. The van der Waals surface area contributed by atoms with E-state index < -0.39 is 0 Å². The van der Waals surface area contributed by atoms with Gasteiger partial charge in [0.25, 0.3) is 0 Å². The first-order chi connectivity index (χ1) is 6.11. The zero-order valence-corrected chi connectivity index (χ0v) is 8.80. The summed E-state index contributed by atoms with van der Waals surface area (Å²) in [7, 11) is 0. The van der Waals surface area contributed by atoms with Gasteiger partial charge in [0, 0.05) is 18.3 Å². The fourth-order valence-electron chi connectivity index (χ4n) is 1.96. The van der Waals surface area contributed by atoms with E-state index in [2.05, 4.69) is 24.6 Å². The molecule has 0 saturated heterocycles. The minimum Gasteiger partial charge on any atom is -0.336 e. The van der Waals surface area contributed by atoms with Crippen LogP contribution in [0, 0.1) is 0 Å². The third kappa shape index (κ3) is 1.29. The standard InChI is InChI=1S/C10H15ClN2/c1-6(2)13-5-8-7(10(13)11)3-4-9(8)12/h5-6,9H,3-4,12H2,1-2H3. The molecule has 0 amide bonds. The summed E-state index contributed by atoms with van der Waals surface area (Å²) in [6, 6.07) is 0.623. The molecular weight excluding hydrogens is 184 g/mol. The largest absolute Gasteiger partial charge is 0.336 e. The Bertz CT molecular complexity index is 327. The highest BCUT2D eigenvalue weighted by Gasteiger charge is 2.25. The summed E-state index contributed by atoms with van der Waals surface area (Å²) in [6.07, 6.45) is 4.19. The van der Waals surface area contributed by atoms with Crippen molar-refractivity contribution in [2.75, 3.05) is 0 Å². The quantitative estimate of drug-likeness (QED) is 0.739. The summed E-state index contributed by atoms with van der Waals surface area (Å²) in [5, 5.41) is 0.887. The fourth-order valence-corrected chi connectivity index (χ4v) is 2.41. The van der Waals surface area contributed by atoms with Crippen molar-refractivity contribution >= 4 is 11.6 Å². The summed E-state index contributed by atoms with van der Waals surface area (Å²) in [5.41, 5.74) is 8.47. The second-order valence-electron chi connectivity index (χ2n) is 4.00. The van der Waals surface area contributed by atoms with E-state index in [1.807, 2.05) is 0 Å². The molecule has 0 radical (unpaired) electrons. The number of halogens is 1. The minimum atomic E-state index is 0.201. The maximum atomic E-state index is 6.24. The Labute approximate surface area is 83.7 Å². The second kappa shape index (κ2) is 3.03. The molecule has 1 atom stereocenters. The van der Waals surface area contributed by atoms with E-state index in [0.29, 0.717) is 6.04 Å². The van der Waals surface area contributed by atoms with E-state index in [1.54, 1.807) is 0 Å². The Morgan fingerprint density at radius 1 is 1.62 bits per heavy atom. The molecule has 1 aliphatic rings. The Morgan fingerprint density at radius 2 is 2.31 bits per heavy atom. The molecule has 1 aromatic rings. The second-order valence-corrected chi connectivity index (χ2v) is 4.36. The number of hydrogen-bond donors (Lipinski definition) is 1.